The lowest BCUT2D eigenvalue weighted by Crippen LogP contribution is -1.94. The van der Waals surface area contributed by atoms with Crippen molar-refractivity contribution in [2.24, 2.45) is 0 Å². The summed E-state index contributed by atoms with van der Waals surface area (Å²) in [5, 5.41) is 8.92. The third kappa shape index (κ3) is 2.11. The van der Waals surface area contributed by atoms with Crippen molar-refractivity contribution in [1.29, 1.82) is 0 Å². The minimum Gasteiger partial charge on any atom is -0.476 e. The Morgan fingerprint density at radius 3 is 2.80 bits per heavy atom. The molecule has 0 aliphatic heterocycles. The molecule has 7 heteroatoms. The van der Waals surface area contributed by atoms with Gasteiger partial charge in [-0.05, 0) is 23.7 Å². The number of carboxylic acid groups (broad SMARTS) is 1. The lowest BCUT2D eigenvalue weighted by atomic mass is 10.3. The summed E-state index contributed by atoms with van der Waals surface area (Å²) in [6.07, 6.45) is 0. The van der Waals surface area contributed by atoms with Crippen LogP contribution in [0.4, 0.5) is 0 Å². The topological polar surface area (TPSA) is 76.0 Å². The quantitative estimate of drug-likeness (QED) is 0.814. The van der Waals surface area contributed by atoms with Crippen molar-refractivity contribution in [2.45, 2.75) is 0 Å². The first kappa shape index (κ1) is 10.0. The normalized spacial score (nSPS) is 10.2. The van der Waals surface area contributed by atoms with Gasteiger partial charge in [-0.3, -0.25) is 0 Å². The number of aromatic nitrogens is 3. The minimum atomic E-state index is -1.10. The summed E-state index contributed by atoms with van der Waals surface area (Å²) in [5.41, 5.74) is 0.464. The molecule has 0 saturated heterocycles. The Morgan fingerprint density at radius 1 is 1.40 bits per heavy atom. The summed E-state index contributed by atoms with van der Waals surface area (Å²) in [4.78, 5) is 18.4. The SMILES string of the molecule is O=C(O)c1nc(-c2cccc(Cl)n2)ns1. The fourth-order valence-electron chi connectivity index (χ4n) is 0.947. The first-order chi connectivity index (χ1) is 7.16. The molecule has 2 heterocycles. The van der Waals surface area contributed by atoms with Gasteiger partial charge in [-0.1, -0.05) is 17.7 Å². The molecule has 0 atom stereocenters. The molecular weight excluding hydrogens is 238 g/mol. The number of carboxylic acids is 1. The second kappa shape index (κ2) is 3.92. The van der Waals surface area contributed by atoms with Gasteiger partial charge in [0.25, 0.3) is 0 Å². The van der Waals surface area contributed by atoms with Gasteiger partial charge in [-0.15, -0.1) is 0 Å². The van der Waals surface area contributed by atoms with Crippen LogP contribution in [0, 0.1) is 0 Å². The highest BCUT2D eigenvalue weighted by Crippen LogP contribution is 2.17. The van der Waals surface area contributed by atoms with E-state index in [4.69, 9.17) is 16.7 Å². The van der Waals surface area contributed by atoms with Crippen LogP contribution in [-0.2, 0) is 0 Å². The summed E-state index contributed by atoms with van der Waals surface area (Å²) < 4.78 is 3.88. The number of hydrogen-bond donors (Lipinski definition) is 1. The number of hydrogen-bond acceptors (Lipinski definition) is 5. The number of rotatable bonds is 2. The highest BCUT2D eigenvalue weighted by atomic mass is 35.5. The van der Waals surface area contributed by atoms with E-state index in [-0.39, 0.29) is 10.8 Å². The average molecular weight is 242 g/mol. The van der Waals surface area contributed by atoms with Crippen molar-refractivity contribution in [2.75, 3.05) is 0 Å². The largest absolute Gasteiger partial charge is 0.476 e. The second-order valence-electron chi connectivity index (χ2n) is 2.57. The van der Waals surface area contributed by atoms with Crippen LogP contribution in [-0.4, -0.2) is 25.4 Å². The van der Waals surface area contributed by atoms with Crippen LogP contribution in [0.3, 0.4) is 0 Å². The van der Waals surface area contributed by atoms with Gasteiger partial charge in [-0.2, -0.15) is 4.37 Å². The Balaban J connectivity index is 2.41. The predicted octanol–water partition coefficient (Wildman–Crippen LogP) is 1.95. The maximum atomic E-state index is 10.6. The van der Waals surface area contributed by atoms with Crippen molar-refractivity contribution in [3.63, 3.8) is 0 Å². The predicted molar refractivity (Wildman–Crippen MR) is 55.1 cm³/mol. The molecule has 0 aliphatic rings. The number of aromatic carboxylic acids is 1. The molecule has 0 radical (unpaired) electrons. The van der Waals surface area contributed by atoms with Crippen LogP contribution in [0.15, 0.2) is 18.2 Å². The van der Waals surface area contributed by atoms with E-state index in [1.54, 1.807) is 18.2 Å². The molecule has 2 rings (SSSR count). The highest BCUT2D eigenvalue weighted by molar-refractivity contribution is 7.07. The van der Waals surface area contributed by atoms with Crippen LogP contribution in [0.5, 0.6) is 0 Å². The smallest absolute Gasteiger partial charge is 0.366 e. The van der Waals surface area contributed by atoms with Crippen LogP contribution in [0.2, 0.25) is 5.15 Å². The summed E-state index contributed by atoms with van der Waals surface area (Å²) in [6.45, 7) is 0. The maximum absolute atomic E-state index is 10.6. The van der Waals surface area contributed by atoms with Crippen molar-refractivity contribution >= 4 is 29.1 Å². The number of carbonyl (C=O) groups is 1. The molecule has 0 saturated carbocycles. The molecule has 2 aromatic rings. The second-order valence-corrected chi connectivity index (χ2v) is 3.71. The Labute approximate surface area is 93.6 Å². The molecule has 0 unspecified atom stereocenters. The Bertz CT molecular complexity index is 514. The zero-order chi connectivity index (χ0) is 10.8. The van der Waals surface area contributed by atoms with Gasteiger partial charge in [0.05, 0.1) is 0 Å². The van der Waals surface area contributed by atoms with E-state index in [0.29, 0.717) is 10.8 Å². The van der Waals surface area contributed by atoms with Gasteiger partial charge in [0.15, 0.2) is 5.82 Å². The van der Waals surface area contributed by atoms with E-state index in [0.717, 1.165) is 11.5 Å². The molecule has 0 aliphatic carbocycles. The molecule has 1 N–H and O–H groups in total. The zero-order valence-corrected chi connectivity index (χ0v) is 8.79. The molecule has 0 fully saturated rings. The maximum Gasteiger partial charge on any atom is 0.366 e. The Hall–Kier alpha value is -1.53. The van der Waals surface area contributed by atoms with Gasteiger partial charge >= 0.3 is 5.97 Å². The standard InChI is InChI=1S/C8H4ClN3O2S/c9-5-3-1-2-4(10-5)6-11-7(8(13)14)15-12-6/h1-3H,(H,13,14). The van der Waals surface area contributed by atoms with Crippen molar-refractivity contribution in [1.82, 2.24) is 14.3 Å². The molecule has 5 nitrogen and oxygen atoms in total. The molecule has 0 bridgehead atoms. The molecular formula is C8H4ClN3O2S. The number of halogens is 1. The molecule has 0 spiro atoms. The third-order valence-electron chi connectivity index (χ3n) is 1.55. The van der Waals surface area contributed by atoms with Crippen molar-refractivity contribution < 1.29 is 9.90 Å². The average Bonchev–Trinajstić information content (AvgIpc) is 2.66. The van der Waals surface area contributed by atoms with Gasteiger partial charge in [0.1, 0.15) is 10.8 Å². The third-order valence-corrected chi connectivity index (χ3v) is 2.47. The van der Waals surface area contributed by atoms with E-state index in [9.17, 15) is 4.79 Å². The molecule has 2 aromatic heterocycles. The summed E-state index contributed by atoms with van der Waals surface area (Å²) in [7, 11) is 0. The number of nitrogens with zero attached hydrogens (tertiary/aromatic N) is 3. The minimum absolute atomic E-state index is 0.0632. The molecule has 0 aromatic carbocycles. The summed E-state index contributed by atoms with van der Waals surface area (Å²) >= 11 is 6.50. The fraction of sp³-hybridized carbons (Fsp3) is 0. The van der Waals surface area contributed by atoms with Crippen molar-refractivity contribution in [3.05, 3.63) is 28.4 Å². The fourth-order valence-corrected chi connectivity index (χ4v) is 1.62. The zero-order valence-electron chi connectivity index (χ0n) is 7.22. The van der Waals surface area contributed by atoms with E-state index in [1.165, 1.54) is 0 Å². The lowest BCUT2D eigenvalue weighted by Gasteiger charge is -1.93. The first-order valence-corrected chi connectivity index (χ1v) is 5.02. The van der Waals surface area contributed by atoms with Crippen molar-refractivity contribution in [3.8, 4) is 11.5 Å². The number of pyridine rings is 1. The van der Waals surface area contributed by atoms with Crippen LogP contribution >= 0.6 is 23.1 Å². The lowest BCUT2D eigenvalue weighted by molar-refractivity contribution is 0.0696. The van der Waals surface area contributed by atoms with E-state index < -0.39 is 5.97 Å². The van der Waals surface area contributed by atoms with E-state index in [1.807, 2.05) is 0 Å². The molecule has 76 valence electrons. The molecule has 15 heavy (non-hydrogen) atoms. The molecule has 0 amide bonds. The van der Waals surface area contributed by atoms with Gasteiger partial charge in [0.2, 0.25) is 5.01 Å². The monoisotopic (exact) mass is 241 g/mol. The first-order valence-electron chi connectivity index (χ1n) is 3.87. The highest BCUT2D eigenvalue weighted by Gasteiger charge is 2.12. The van der Waals surface area contributed by atoms with Gasteiger partial charge in [-0.25, -0.2) is 14.8 Å². The van der Waals surface area contributed by atoms with Crippen LogP contribution in [0.25, 0.3) is 11.5 Å². The van der Waals surface area contributed by atoms with E-state index >= 15 is 0 Å². The van der Waals surface area contributed by atoms with E-state index in [2.05, 4.69) is 14.3 Å². The van der Waals surface area contributed by atoms with Crippen LogP contribution in [0.1, 0.15) is 9.80 Å². The van der Waals surface area contributed by atoms with Gasteiger partial charge in [0, 0.05) is 0 Å². The summed E-state index contributed by atoms with van der Waals surface area (Å²) in [5.74, 6) is -0.819. The summed E-state index contributed by atoms with van der Waals surface area (Å²) in [6, 6.07) is 4.99. The Kier molecular flexibility index (Phi) is 2.61. The Morgan fingerprint density at radius 2 is 2.20 bits per heavy atom. The van der Waals surface area contributed by atoms with Gasteiger partial charge < -0.3 is 5.11 Å². The van der Waals surface area contributed by atoms with Crippen LogP contribution < -0.4 is 0 Å².